The molecule has 1 aromatic carbocycles. The minimum absolute atomic E-state index is 0.0799. The summed E-state index contributed by atoms with van der Waals surface area (Å²) in [5.41, 5.74) is 0.881. The number of nitrogens with zero attached hydrogens (tertiary/aromatic N) is 1. The second kappa shape index (κ2) is 5.71. The monoisotopic (exact) mass is 312 g/mol. The number of methoxy groups -OCH3 is 1. The van der Waals surface area contributed by atoms with E-state index in [9.17, 15) is 4.79 Å². The number of nitrogens with one attached hydrogen (secondary N) is 1. The third kappa shape index (κ3) is 2.67. The van der Waals surface area contributed by atoms with Crippen molar-refractivity contribution >= 4 is 27.5 Å². The Morgan fingerprint density at radius 2 is 2.22 bits per heavy atom. The van der Waals surface area contributed by atoms with Crippen molar-refractivity contribution in [1.29, 1.82) is 0 Å². The standard InChI is InChI=1S/C13H17BrN2O2/c1-15-12-4-3-5-16(13(12)17)10-6-9(14)7-11(8-10)18-2/h6-8,12,15H,3-5H2,1-2H3. The number of halogens is 1. The summed E-state index contributed by atoms with van der Waals surface area (Å²) in [6.07, 6.45) is 1.91. The Morgan fingerprint density at radius 3 is 2.89 bits per heavy atom. The van der Waals surface area contributed by atoms with E-state index in [0.717, 1.165) is 35.3 Å². The summed E-state index contributed by atoms with van der Waals surface area (Å²) >= 11 is 3.44. The first-order valence-corrected chi connectivity index (χ1v) is 6.78. The highest BCUT2D eigenvalue weighted by molar-refractivity contribution is 9.10. The number of ether oxygens (including phenoxy) is 1. The molecule has 1 aliphatic rings. The molecule has 0 saturated carbocycles. The third-order valence-corrected chi connectivity index (χ3v) is 3.65. The lowest BCUT2D eigenvalue weighted by molar-refractivity contribution is -0.121. The molecular formula is C13H17BrN2O2. The molecule has 5 heteroatoms. The third-order valence-electron chi connectivity index (χ3n) is 3.19. The zero-order chi connectivity index (χ0) is 13.1. The van der Waals surface area contributed by atoms with E-state index in [-0.39, 0.29) is 11.9 Å². The summed E-state index contributed by atoms with van der Waals surface area (Å²) in [4.78, 5) is 14.1. The minimum atomic E-state index is -0.0799. The Labute approximate surface area is 115 Å². The van der Waals surface area contributed by atoms with Crippen LogP contribution in [0.1, 0.15) is 12.8 Å². The molecule has 2 rings (SSSR count). The number of carbonyl (C=O) groups is 1. The lowest BCUT2D eigenvalue weighted by Gasteiger charge is -2.32. The first-order valence-electron chi connectivity index (χ1n) is 5.99. The van der Waals surface area contributed by atoms with Gasteiger partial charge in [0.05, 0.1) is 13.2 Å². The van der Waals surface area contributed by atoms with Gasteiger partial charge in [-0.05, 0) is 32.0 Å². The number of amides is 1. The van der Waals surface area contributed by atoms with E-state index in [4.69, 9.17) is 4.74 Å². The van der Waals surface area contributed by atoms with Crippen molar-refractivity contribution in [3.8, 4) is 5.75 Å². The molecule has 1 amide bonds. The summed E-state index contributed by atoms with van der Waals surface area (Å²) in [6.45, 7) is 0.761. The SMILES string of the molecule is CNC1CCCN(c2cc(Br)cc(OC)c2)C1=O. The Kier molecular flexibility index (Phi) is 4.24. The van der Waals surface area contributed by atoms with Crippen LogP contribution >= 0.6 is 15.9 Å². The second-order valence-electron chi connectivity index (χ2n) is 4.32. The van der Waals surface area contributed by atoms with Gasteiger partial charge in [-0.2, -0.15) is 0 Å². The Bertz CT molecular complexity index is 451. The van der Waals surface area contributed by atoms with Crippen LogP contribution in [0.15, 0.2) is 22.7 Å². The molecule has 98 valence electrons. The zero-order valence-corrected chi connectivity index (χ0v) is 12.2. The van der Waals surface area contributed by atoms with Crippen LogP contribution in [0.4, 0.5) is 5.69 Å². The number of benzene rings is 1. The van der Waals surface area contributed by atoms with E-state index in [1.54, 1.807) is 7.11 Å². The lowest BCUT2D eigenvalue weighted by atomic mass is 10.0. The molecule has 1 N–H and O–H groups in total. The zero-order valence-electron chi connectivity index (χ0n) is 10.6. The van der Waals surface area contributed by atoms with Crippen molar-refractivity contribution in [1.82, 2.24) is 5.32 Å². The van der Waals surface area contributed by atoms with Crippen molar-refractivity contribution in [2.24, 2.45) is 0 Å². The van der Waals surface area contributed by atoms with Gasteiger partial charge in [-0.15, -0.1) is 0 Å². The van der Waals surface area contributed by atoms with Crippen LogP contribution in [-0.2, 0) is 4.79 Å². The minimum Gasteiger partial charge on any atom is -0.497 e. The molecule has 0 aliphatic carbocycles. The van der Waals surface area contributed by atoms with Crippen molar-refractivity contribution in [3.63, 3.8) is 0 Å². The van der Waals surface area contributed by atoms with Crippen LogP contribution in [-0.4, -0.2) is 32.7 Å². The first kappa shape index (κ1) is 13.4. The number of likely N-dealkylation sites (N-methyl/N-ethyl adjacent to an activating group) is 1. The molecule has 1 saturated heterocycles. The molecule has 1 aliphatic heterocycles. The highest BCUT2D eigenvalue weighted by atomic mass is 79.9. The molecule has 18 heavy (non-hydrogen) atoms. The van der Waals surface area contributed by atoms with E-state index in [0.29, 0.717) is 0 Å². The molecule has 0 bridgehead atoms. The molecule has 1 atom stereocenters. The van der Waals surface area contributed by atoms with E-state index in [1.165, 1.54) is 0 Å². The van der Waals surface area contributed by atoms with E-state index >= 15 is 0 Å². The first-order chi connectivity index (χ1) is 8.65. The van der Waals surface area contributed by atoms with Crippen molar-refractivity contribution < 1.29 is 9.53 Å². The van der Waals surface area contributed by atoms with Crippen LogP contribution in [0, 0.1) is 0 Å². The Hall–Kier alpha value is -1.07. The predicted molar refractivity (Wildman–Crippen MR) is 75.1 cm³/mol. The quantitative estimate of drug-likeness (QED) is 0.930. The van der Waals surface area contributed by atoms with Gasteiger partial charge in [0.2, 0.25) is 5.91 Å². The van der Waals surface area contributed by atoms with Crippen molar-refractivity contribution in [3.05, 3.63) is 22.7 Å². The summed E-state index contributed by atoms with van der Waals surface area (Å²) in [7, 11) is 3.45. The number of hydrogen-bond donors (Lipinski definition) is 1. The summed E-state index contributed by atoms with van der Waals surface area (Å²) in [5.74, 6) is 0.877. The summed E-state index contributed by atoms with van der Waals surface area (Å²) < 4.78 is 6.14. The van der Waals surface area contributed by atoms with Gasteiger partial charge >= 0.3 is 0 Å². The normalized spacial score (nSPS) is 20.1. The average molecular weight is 313 g/mol. The van der Waals surface area contributed by atoms with Gasteiger partial charge in [-0.3, -0.25) is 4.79 Å². The van der Waals surface area contributed by atoms with Gasteiger partial charge in [-0.1, -0.05) is 15.9 Å². The number of piperidine rings is 1. The fraction of sp³-hybridized carbons (Fsp3) is 0.462. The van der Waals surface area contributed by atoms with Crippen LogP contribution in [0.3, 0.4) is 0 Å². The second-order valence-corrected chi connectivity index (χ2v) is 5.24. The Morgan fingerprint density at radius 1 is 1.44 bits per heavy atom. The van der Waals surface area contributed by atoms with Gasteiger partial charge in [0.1, 0.15) is 5.75 Å². The molecule has 1 aromatic rings. The van der Waals surface area contributed by atoms with Gasteiger partial charge in [0.25, 0.3) is 0 Å². The van der Waals surface area contributed by atoms with Gasteiger partial charge in [-0.25, -0.2) is 0 Å². The maximum absolute atomic E-state index is 12.3. The van der Waals surface area contributed by atoms with Crippen molar-refractivity contribution in [2.75, 3.05) is 25.6 Å². The Balaban J connectivity index is 2.30. The fourth-order valence-electron chi connectivity index (χ4n) is 2.22. The van der Waals surface area contributed by atoms with Gasteiger partial charge in [0.15, 0.2) is 0 Å². The highest BCUT2D eigenvalue weighted by Gasteiger charge is 2.28. The smallest absolute Gasteiger partial charge is 0.244 e. The van der Waals surface area contributed by atoms with Crippen LogP contribution in [0.25, 0.3) is 0 Å². The highest BCUT2D eigenvalue weighted by Crippen LogP contribution is 2.29. The predicted octanol–water partition coefficient (Wildman–Crippen LogP) is 2.17. The van der Waals surface area contributed by atoms with Gasteiger partial charge in [0, 0.05) is 22.8 Å². The molecule has 4 nitrogen and oxygen atoms in total. The fourth-order valence-corrected chi connectivity index (χ4v) is 2.68. The molecule has 1 unspecified atom stereocenters. The van der Waals surface area contributed by atoms with Crippen LogP contribution in [0.2, 0.25) is 0 Å². The molecular weight excluding hydrogens is 296 g/mol. The van der Waals surface area contributed by atoms with Crippen LogP contribution < -0.4 is 15.0 Å². The van der Waals surface area contributed by atoms with Crippen LogP contribution in [0.5, 0.6) is 5.75 Å². The van der Waals surface area contributed by atoms with E-state index < -0.39 is 0 Å². The molecule has 0 aromatic heterocycles. The topological polar surface area (TPSA) is 41.6 Å². The average Bonchev–Trinajstić information content (AvgIpc) is 2.38. The largest absolute Gasteiger partial charge is 0.497 e. The number of rotatable bonds is 3. The molecule has 0 spiro atoms. The maximum atomic E-state index is 12.3. The number of carbonyl (C=O) groups excluding carboxylic acids is 1. The summed E-state index contributed by atoms with van der Waals surface area (Å²) in [6, 6.07) is 5.64. The lowest BCUT2D eigenvalue weighted by Crippen LogP contribution is -2.49. The number of anilines is 1. The maximum Gasteiger partial charge on any atom is 0.244 e. The molecule has 0 radical (unpaired) electrons. The summed E-state index contributed by atoms with van der Waals surface area (Å²) in [5, 5.41) is 3.06. The van der Waals surface area contributed by atoms with E-state index in [1.807, 2.05) is 30.1 Å². The van der Waals surface area contributed by atoms with E-state index in [2.05, 4.69) is 21.2 Å². The van der Waals surface area contributed by atoms with Crippen molar-refractivity contribution in [2.45, 2.75) is 18.9 Å². The van der Waals surface area contributed by atoms with Gasteiger partial charge < -0.3 is 15.0 Å². The number of hydrogen-bond acceptors (Lipinski definition) is 3. The molecule has 1 fully saturated rings. The molecule has 1 heterocycles.